The number of rotatable bonds is 2. The van der Waals surface area contributed by atoms with Crippen LogP contribution in [0.2, 0.25) is 0 Å². The maximum absolute atomic E-state index is 12.7. The van der Waals surface area contributed by atoms with Crippen molar-refractivity contribution in [3.05, 3.63) is 29.3 Å². The molecule has 1 aromatic carbocycles. The standard InChI is InChI=1S/C15H23NOS/c1-10-5-7-14(12(3)8-10)18(17)15-9-11(2)4-6-13(15)16/h5,7-8,11,13,15H,4,6,9,16H2,1-3H3. The van der Waals surface area contributed by atoms with E-state index in [9.17, 15) is 4.21 Å². The van der Waals surface area contributed by atoms with E-state index in [2.05, 4.69) is 19.9 Å². The fraction of sp³-hybridized carbons (Fsp3) is 0.600. The molecule has 1 aliphatic carbocycles. The van der Waals surface area contributed by atoms with E-state index in [1.54, 1.807) is 0 Å². The van der Waals surface area contributed by atoms with Gasteiger partial charge in [0.25, 0.3) is 0 Å². The van der Waals surface area contributed by atoms with E-state index < -0.39 is 10.8 Å². The zero-order valence-electron chi connectivity index (χ0n) is 11.5. The van der Waals surface area contributed by atoms with Crippen molar-refractivity contribution in [3.63, 3.8) is 0 Å². The Kier molecular flexibility index (Phi) is 4.23. The topological polar surface area (TPSA) is 43.1 Å². The van der Waals surface area contributed by atoms with Crippen LogP contribution in [0.25, 0.3) is 0 Å². The highest BCUT2D eigenvalue weighted by Gasteiger charge is 2.31. The molecule has 1 fully saturated rings. The Bertz CT molecular complexity index is 458. The van der Waals surface area contributed by atoms with Crippen LogP contribution in [-0.4, -0.2) is 15.5 Å². The zero-order valence-corrected chi connectivity index (χ0v) is 12.3. The first-order valence-electron chi connectivity index (χ1n) is 6.72. The lowest BCUT2D eigenvalue weighted by atomic mass is 9.87. The largest absolute Gasteiger partial charge is 0.327 e. The third-order valence-electron chi connectivity index (χ3n) is 3.93. The van der Waals surface area contributed by atoms with Crippen molar-refractivity contribution >= 4 is 10.8 Å². The van der Waals surface area contributed by atoms with Gasteiger partial charge >= 0.3 is 0 Å². The van der Waals surface area contributed by atoms with Crippen molar-refractivity contribution in [2.45, 2.75) is 56.2 Å². The van der Waals surface area contributed by atoms with E-state index in [1.807, 2.05) is 19.1 Å². The summed E-state index contributed by atoms with van der Waals surface area (Å²) in [6.45, 7) is 6.34. The molecule has 0 radical (unpaired) electrons. The van der Waals surface area contributed by atoms with Crippen LogP contribution in [0.5, 0.6) is 0 Å². The molecule has 1 saturated carbocycles. The van der Waals surface area contributed by atoms with Gasteiger partial charge in [0.15, 0.2) is 0 Å². The van der Waals surface area contributed by atoms with Crippen LogP contribution < -0.4 is 5.73 Å². The molecular weight excluding hydrogens is 242 g/mol. The van der Waals surface area contributed by atoms with Crippen molar-refractivity contribution in [3.8, 4) is 0 Å². The van der Waals surface area contributed by atoms with Crippen molar-refractivity contribution in [1.82, 2.24) is 0 Å². The molecule has 1 aliphatic rings. The predicted molar refractivity (Wildman–Crippen MR) is 77.1 cm³/mol. The van der Waals surface area contributed by atoms with Crippen LogP contribution in [0, 0.1) is 19.8 Å². The van der Waals surface area contributed by atoms with Gasteiger partial charge < -0.3 is 5.73 Å². The molecule has 100 valence electrons. The van der Waals surface area contributed by atoms with Crippen LogP contribution in [0.3, 0.4) is 0 Å². The van der Waals surface area contributed by atoms with Gasteiger partial charge in [-0.1, -0.05) is 24.6 Å². The van der Waals surface area contributed by atoms with E-state index in [0.717, 1.165) is 23.3 Å². The van der Waals surface area contributed by atoms with E-state index in [4.69, 9.17) is 5.73 Å². The van der Waals surface area contributed by atoms with Crippen LogP contribution in [0.1, 0.15) is 37.3 Å². The fourth-order valence-corrected chi connectivity index (χ4v) is 4.65. The molecule has 18 heavy (non-hydrogen) atoms. The molecule has 0 aromatic heterocycles. The SMILES string of the molecule is Cc1ccc(S(=O)C2CC(C)CCC2N)c(C)c1. The van der Waals surface area contributed by atoms with Crippen LogP contribution in [0.4, 0.5) is 0 Å². The molecule has 4 atom stereocenters. The molecule has 0 heterocycles. The van der Waals surface area contributed by atoms with Gasteiger partial charge in [0.1, 0.15) is 0 Å². The molecule has 0 amide bonds. The van der Waals surface area contributed by atoms with Crippen molar-refractivity contribution in [2.75, 3.05) is 0 Å². The first kappa shape index (κ1) is 13.8. The number of nitrogens with two attached hydrogens (primary N) is 1. The van der Waals surface area contributed by atoms with Crippen LogP contribution in [-0.2, 0) is 10.8 Å². The molecule has 0 saturated heterocycles. The minimum atomic E-state index is -0.965. The lowest BCUT2D eigenvalue weighted by molar-refractivity contribution is 0.353. The minimum Gasteiger partial charge on any atom is -0.327 e. The van der Waals surface area contributed by atoms with Gasteiger partial charge in [0.05, 0.1) is 16.0 Å². The van der Waals surface area contributed by atoms with E-state index in [1.165, 1.54) is 12.0 Å². The fourth-order valence-electron chi connectivity index (χ4n) is 2.79. The van der Waals surface area contributed by atoms with Gasteiger partial charge in [-0.05, 0) is 50.7 Å². The second kappa shape index (κ2) is 5.54. The predicted octanol–water partition coefficient (Wildman–Crippen LogP) is 2.93. The van der Waals surface area contributed by atoms with Crippen molar-refractivity contribution in [2.24, 2.45) is 11.7 Å². The Morgan fingerprint density at radius 3 is 2.67 bits per heavy atom. The summed E-state index contributed by atoms with van der Waals surface area (Å²) in [6.07, 6.45) is 3.16. The minimum absolute atomic E-state index is 0.0859. The Morgan fingerprint density at radius 1 is 1.28 bits per heavy atom. The van der Waals surface area contributed by atoms with Crippen LogP contribution in [0.15, 0.2) is 23.1 Å². The summed E-state index contributed by atoms with van der Waals surface area (Å²) in [7, 11) is -0.965. The van der Waals surface area contributed by atoms with Gasteiger partial charge in [0.2, 0.25) is 0 Å². The van der Waals surface area contributed by atoms with Crippen LogP contribution >= 0.6 is 0 Å². The molecule has 3 heteroatoms. The molecule has 2 N–H and O–H groups in total. The second-order valence-electron chi connectivity index (χ2n) is 5.69. The monoisotopic (exact) mass is 265 g/mol. The third-order valence-corrected chi connectivity index (χ3v) is 5.91. The second-order valence-corrected chi connectivity index (χ2v) is 7.33. The lowest BCUT2D eigenvalue weighted by Crippen LogP contribution is -2.42. The normalized spacial score (nSPS) is 30.1. The molecular formula is C15H23NOS. The number of hydrogen-bond acceptors (Lipinski definition) is 2. The highest BCUT2D eigenvalue weighted by molar-refractivity contribution is 7.85. The van der Waals surface area contributed by atoms with E-state index >= 15 is 0 Å². The molecule has 0 bridgehead atoms. The number of aryl methyl sites for hydroxylation is 2. The molecule has 4 unspecified atom stereocenters. The first-order chi connectivity index (χ1) is 8.49. The lowest BCUT2D eigenvalue weighted by Gasteiger charge is -2.32. The van der Waals surface area contributed by atoms with Gasteiger partial charge in [-0.3, -0.25) is 4.21 Å². The zero-order chi connectivity index (χ0) is 13.3. The summed E-state index contributed by atoms with van der Waals surface area (Å²) in [5.74, 6) is 0.643. The summed E-state index contributed by atoms with van der Waals surface area (Å²) in [6, 6.07) is 6.23. The van der Waals surface area contributed by atoms with Gasteiger partial charge in [-0.2, -0.15) is 0 Å². The maximum Gasteiger partial charge on any atom is 0.0579 e. The average Bonchev–Trinajstić information content (AvgIpc) is 2.31. The molecule has 1 aromatic rings. The quantitative estimate of drug-likeness (QED) is 0.893. The van der Waals surface area contributed by atoms with Gasteiger partial charge in [0, 0.05) is 10.9 Å². The van der Waals surface area contributed by atoms with Crippen molar-refractivity contribution in [1.29, 1.82) is 0 Å². The summed E-state index contributed by atoms with van der Waals surface area (Å²) < 4.78 is 12.7. The van der Waals surface area contributed by atoms with Crippen molar-refractivity contribution < 1.29 is 4.21 Å². The third kappa shape index (κ3) is 2.83. The Labute approximate surface area is 112 Å². The Balaban J connectivity index is 2.24. The highest BCUT2D eigenvalue weighted by atomic mass is 32.2. The number of hydrogen-bond donors (Lipinski definition) is 1. The summed E-state index contributed by atoms with van der Waals surface area (Å²) in [5, 5.41) is 0.121. The van der Waals surface area contributed by atoms with Gasteiger partial charge in [-0.15, -0.1) is 0 Å². The van der Waals surface area contributed by atoms with Gasteiger partial charge in [-0.25, -0.2) is 0 Å². The Morgan fingerprint density at radius 2 is 2.00 bits per heavy atom. The molecule has 2 rings (SSSR count). The molecule has 2 nitrogen and oxygen atoms in total. The highest BCUT2D eigenvalue weighted by Crippen LogP contribution is 2.30. The smallest absolute Gasteiger partial charge is 0.0579 e. The maximum atomic E-state index is 12.7. The van der Waals surface area contributed by atoms with E-state index in [-0.39, 0.29) is 11.3 Å². The summed E-state index contributed by atoms with van der Waals surface area (Å²) >= 11 is 0. The first-order valence-corrected chi connectivity index (χ1v) is 7.93. The number of benzene rings is 1. The molecule has 0 spiro atoms. The molecule has 0 aliphatic heterocycles. The Hall–Kier alpha value is -0.670. The summed E-state index contributed by atoms with van der Waals surface area (Å²) in [4.78, 5) is 0.968. The van der Waals surface area contributed by atoms with E-state index in [0.29, 0.717) is 5.92 Å². The average molecular weight is 265 g/mol. The summed E-state index contributed by atoms with van der Waals surface area (Å²) in [5.41, 5.74) is 8.51.